The molecule has 0 saturated carbocycles. The monoisotopic (exact) mass is 366 g/mol. The first-order chi connectivity index (χ1) is 12.2. The molecule has 0 bridgehead atoms. The Kier molecular flexibility index (Phi) is 4.30. The lowest BCUT2D eigenvalue weighted by atomic mass is 10.2. The number of nitrogens with one attached hydrogen (secondary N) is 1. The predicted molar refractivity (Wildman–Crippen MR) is 104 cm³/mol. The van der Waals surface area contributed by atoms with Gasteiger partial charge in [0.05, 0.1) is 5.69 Å². The van der Waals surface area contributed by atoms with Crippen molar-refractivity contribution in [2.45, 2.75) is 6.54 Å². The number of hydrogen-bond acceptors (Lipinski definition) is 2. The zero-order chi connectivity index (χ0) is 17.2. The third-order valence-corrected chi connectivity index (χ3v) is 5.37. The van der Waals surface area contributed by atoms with E-state index in [4.69, 9.17) is 11.6 Å². The first-order valence-corrected chi connectivity index (χ1v) is 9.09. The molecule has 0 aliphatic rings. The van der Waals surface area contributed by atoms with Crippen LogP contribution in [0.25, 0.3) is 15.8 Å². The van der Waals surface area contributed by atoms with E-state index in [-0.39, 0.29) is 5.91 Å². The summed E-state index contributed by atoms with van der Waals surface area (Å²) >= 11 is 7.52. The lowest BCUT2D eigenvalue weighted by molar-refractivity contribution is 0.0955. The van der Waals surface area contributed by atoms with Gasteiger partial charge in [0.15, 0.2) is 0 Å². The molecule has 3 nitrogen and oxygen atoms in total. The van der Waals surface area contributed by atoms with Gasteiger partial charge in [-0.05, 0) is 35.9 Å². The fraction of sp³-hybridized carbons (Fsp3) is 0.0500. The fourth-order valence-corrected chi connectivity index (χ4v) is 4.17. The summed E-state index contributed by atoms with van der Waals surface area (Å²) in [5.74, 6) is -0.0788. The number of rotatable bonds is 4. The van der Waals surface area contributed by atoms with Crippen molar-refractivity contribution in [1.82, 2.24) is 9.88 Å². The van der Waals surface area contributed by atoms with Crippen LogP contribution in [-0.4, -0.2) is 10.5 Å². The SMILES string of the molecule is O=C(NCc1cccc(Cl)c1)c1sc2ccccc2c1-n1cccc1. The zero-order valence-electron chi connectivity index (χ0n) is 13.3. The van der Waals surface area contributed by atoms with Gasteiger partial charge in [-0.25, -0.2) is 0 Å². The number of nitrogens with zero attached hydrogens (tertiary/aromatic N) is 1. The van der Waals surface area contributed by atoms with E-state index in [9.17, 15) is 4.79 Å². The van der Waals surface area contributed by atoms with E-state index in [2.05, 4.69) is 11.4 Å². The molecular weight excluding hydrogens is 352 g/mol. The average molecular weight is 367 g/mol. The number of thiophene rings is 1. The summed E-state index contributed by atoms with van der Waals surface area (Å²) in [7, 11) is 0. The van der Waals surface area contributed by atoms with Crippen LogP contribution in [0, 0.1) is 0 Å². The number of fused-ring (bicyclic) bond motifs is 1. The van der Waals surface area contributed by atoms with Gasteiger partial charge in [-0.3, -0.25) is 4.79 Å². The standard InChI is InChI=1S/C20H15ClN2OS/c21-15-7-5-6-14(12-15)13-22-20(24)19-18(23-10-3-4-11-23)16-8-1-2-9-17(16)25-19/h1-12H,13H2,(H,22,24). The van der Waals surface area contributed by atoms with Crippen molar-refractivity contribution in [2.75, 3.05) is 0 Å². The van der Waals surface area contributed by atoms with Crippen molar-refractivity contribution in [3.63, 3.8) is 0 Å². The smallest absolute Gasteiger partial charge is 0.263 e. The van der Waals surface area contributed by atoms with Gasteiger partial charge in [-0.15, -0.1) is 11.3 Å². The van der Waals surface area contributed by atoms with Gasteiger partial charge in [0.1, 0.15) is 4.88 Å². The van der Waals surface area contributed by atoms with Gasteiger partial charge in [-0.2, -0.15) is 0 Å². The van der Waals surface area contributed by atoms with Crippen molar-refractivity contribution in [1.29, 1.82) is 0 Å². The Morgan fingerprint density at radius 2 is 1.84 bits per heavy atom. The lowest BCUT2D eigenvalue weighted by Crippen LogP contribution is -2.22. The van der Waals surface area contributed by atoms with Crippen molar-refractivity contribution < 1.29 is 4.79 Å². The van der Waals surface area contributed by atoms with Crippen molar-refractivity contribution in [3.8, 4) is 5.69 Å². The first kappa shape index (κ1) is 15.9. The Morgan fingerprint density at radius 3 is 2.64 bits per heavy atom. The van der Waals surface area contributed by atoms with E-state index in [1.165, 1.54) is 11.3 Å². The van der Waals surface area contributed by atoms with E-state index in [1.54, 1.807) is 0 Å². The third-order valence-electron chi connectivity index (χ3n) is 3.98. The number of carbonyl (C=O) groups excluding carboxylic acids is 1. The quantitative estimate of drug-likeness (QED) is 0.524. The number of amides is 1. The number of benzene rings is 2. The molecule has 5 heteroatoms. The van der Waals surface area contributed by atoms with Crippen LogP contribution < -0.4 is 5.32 Å². The number of halogens is 1. The Hall–Kier alpha value is -2.56. The molecule has 2 aromatic heterocycles. The maximum Gasteiger partial charge on any atom is 0.263 e. The maximum absolute atomic E-state index is 12.8. The van der Waals surface area contributed by atoms with Crippen molar-refractivity contribution in [3.05, 3.63) is 88.5 Å². The number of aromatic nitrogens is 1. The van der Waals surface area contributed by atoms with Gasteiger partial charge in [0, 0.05) is 34.0 Å². The van der Waals surface area contributed by atoms with Crippen LogP contribution in [0.15, 0.2) is 73.1 Å². The second kappa shape index (κ2) is 6.75. The molecule has 0 atom stereocenters. The largest absolute Gasteiger partial charge is 0.347 e. The van der Waals surface area contributed by atoms with E-state index >= 15 is 0 Å². The Morgan fingerprint density at radius 1 is 1.04 bits per heavy atom. The van der Waals surface area contributed by atoms with E-state index in [0.29, 0.717) is 16.4 Å². The molecule has 25 heavy (non-hydrogen) atoms. The molecule has 2 aromatic carbocycles. The molecule has 0 aliphatic heterocycles. The second-order valence-electron chi connectivity index (χ2n) is 5.68. The highest BCUT2D eigenvalue weighted by atomic mass is 35.5. The van der Waals surface area contributed by atoms with E-state index in [0.717, 1.165) is 21.3 Å². The summed E-state index contributed by atoms with van der Waals surface area (Å²) in [6, 6.07) is 19.5. The zero-order valence-corrected chi connectivity index (χ0v) is 14.8. The summed E-state index contributed by atoms with van der Waals surface area (Å²) in [6.07, 6.45) is 3.92. The fourth-order valence-electron chi connectivity index (χ4n) is 2.84. The van der Waals surface area contributed by atoms with Gasteiger partial charge >= 0.3 is 0 Å². The minimum atomic E-state index is -0.0788. The molecule has 0 radical (unpaired) electrons. The van der Waals surface area contributed by atoms with Crippen LogP contribution in [0.4, 0.5) is 0 Å². The summed E-state index contributed by atoms with van der Waals surface area (Å²) in [4.78, 5) is 13.5. The molecule has 0 unspecified atom stereocenters. The Labute approximate surface area is 154 Å². The number of carbonyl (C=O) groups is 1. The predicted octanol–water partition coefficient (Wildman–Crippen LogP) is 5.28. The van der Waals surface area contributed by atoms with Crippen LogP contribution in [0.1, 0.15) is 15.2 Å². The van der Waals surface area contributed by atoms with Gasteiger partial charge < -0.3 is 9.88 Å². The lowest BCUT2D eigenvalue weighted by Gasteiger charge is -2.08. The van der Waals surface area contributed by atoms with Crippen LogP contribution in [0.3, 0.4) is 0 Å². The molecule has 1 N–H and O–H groups in total. The van der Waals surface area contributed by atoms with E-state index in [1.807, 2.05) is 71.6 Å². The summed E-state index contributed by atoms with van der Waals surface area (Å²) in [5.41, 5.74) is 1.90. The molecule has 0 spiro atoms. The van der Waals surface area contributed by atoms with Crippen molar-refractivity contribution in [2.24, 2.45) is 0 Å². The van der Waals surface area contributed by atoms with Crippen molar-refractivity contribution >= 4 is 38.9 Å². The van der Waals surface area contributed by atoms with Gasteiger partial charge in [0.25, 0.3) is 5.91 Å². The molecule has 0 aliphatic carbocycles. The minimum Gasteiger partial charge on any atom is -0.347 e. The minimum absolute atomic E-state index is 0.0788. The van der Waals surface area contributed by atoms with Crippen LogP contribution in [0.5, 0.6) is 0 Å². The third kappa shape index (κ3) is 3.18. The van der Waals surface area contributed by atoms with Crippen LogP contribution in [0.2, 0.25) is 5.02 Å². The molecule has 4 aromatic rings. The van der Waals surface area contributed by atoms with Gasteiger partial charge in [0.2, 0.25) is 0 Å². The number of hydrogen-bond donors (Lipinski definition) is 1. The maximum atomic E-state index is 12.8. The first-order valence-electron chi connectivity index (χ1n) is 7.90. The highest BCUT2D eigenvalue weighted by Gasteiger charge is 2.19. The molecular formula is C20H15ClN2OS. The summed E-state index contributed by atoms with van der Waals surface area (Å²) in [6.45, 7) is 0.443. The summed E-state index contributed by atoms with van der Waals surface area (Å²) < 4.78 is 3.09. The Bertz CT molecular complexity index is 1040. The highest BCUT2D eigenvalue weighted by Crippen LogP contribution is 2.34. The average Bonchev–Trinajstić information content (AvgIpc) is 3.26. The van der Waals surface area contributed by atoms with E-state index < -0.39 is 0 Å². The van der Waals surface area contributed by atoms with Gasteiger partial charge in [-0.1, -0.05) is 41.9 Å². The molecule has 124 valence electrons. The second-order valence-corrected chi connectivity index (χ2v) is 7.17. The Balaban J connectivity index is 1.68. The normalized spacial score (nSPS) is 10.9. The summed E-state index contributed by atoms with van der Waals surface area (Å²) in [5, 5.41) is 4.75. The van der Waals surface area contributed by atoms with Crippen LogP contribution in [-0.2, 0) is 6.54 Å². The molecule has 0 saturated heterocycles. The molecule has 4 rings (SSSR count). The molecule has 1 amide bonds. The molecule has 2 heterocycles. The van der Waals surface area contributed by atoms with Crippen LogP contribution >= 0.6 is 22.9 Å². The molecule has 0 fully saturated rings. The topological polar surface area (TPSA) is 34.0 Å². The highest BCUT2D eigenvalue weighted by molar-refractivity contribution is 7.21.